The fourth-order valence-electron chi connectivity index (χ4n) is 1.96. The summed E-state index contributed by atoms with van der Waals surface area (Å²) in [5.41, 5.74) is 10.5. The molecule has 4 N–H and O–H groups in total. The summed E-state index contributed by atoms with van der Waals surface area (Å²) in [6.45, 7) is 0. The summed E-state index contributed by atoms with van der Waals surface area (Å²) in [7, 11) is 1.90. The molecule has 0 aliphatic heterocycles. The number of fused-ring (bicyclic) bond motifs is 1. The Kier molecular flexibility index (Phi) is 2.41. The van der Waals surface area contributed by atoms with Gasteiger partial charge in [0.05, 0.1) is 11.0 Å². The fourth-order valence-corrected chi connectivity index (χ4v) is 1.96. The van der Waals surface area contributed by atoms with Crippen LogP contribution < -0.4 is 11.1 Å². The molecular weight excluding hydrogens is 224 g/mol. The molecule has 18 heavy (non-hydrogen) atoms. The molecule has 0 aliphatic carbocycles. The van der Waals surface area contributed by atoms with E-state index in [1.165, 1.54) is 0 Å². The first kappa shape index (κ1) is 10.7. The van der Waals surface area contributed by atoms with E-state index in [0.29, 0.717) is 0 Å². The zero-order chi connectivity index (χ0) is 12.5. The maximum Gasteiger partial charge on any atom is 0.138 e. The highest BCUT2D eigenvalue weighted by molar-refractivity contribution is 5.82. The third-order valence-electron chi connectivity index (χ3n) is 2.95. The number of nitrogens with one attached hydrogen (secondary N) is 2. The normalized spacial score (nSPS) is 10.7. The van der Waals surface area contributed by atoms with Crippen LogP contribution in [-0.2, 0) is 0 Å². The van der Waals surface area contributed by atoms with E-state index in [4.69, 9.17) is 5.73 Å². The summed E-state index contributed by atoms with van der Waals surface area (Å²) < 4.78 is 0. The molecule has 0 bridgehead atoms. The molecule has 1 aromatic heterocycles. The van der Waals surface area contributed by atoms with Crippen molar-refractivity contribution in [3.05, 3.63) is 42.5 Å². The number of nitrogens with zero attached hydrogens (tertiary/aromatic N) is 1. The van der Waals surface area contributed by atoms with Crippen molar-refractivity contribution >= 4 is 22.4 Å². The van der Waals surface area contributed by atoms with E-state index in [1.807, 2.05) is 49.5 Å². The van der Waals surface area contributed by atoms with Gasteiger partial charge in [0.25, 0.3) is 0 Å². The van der Waals surface area contributed by atoms with Gasteiger partial charge in [-0.15, -0.1) is 0 Å². The minimum Gasteiger partial charge on any atom is -0.399 e. The monoisotopic (exact) mass is 238 g/mol. The zero-order valence-corrected chi connectivity index (χ0v) is 10.1. The molecule has 0 aliphatic rings. The zero-order valence-electron chi connectivity index (χ0n) is 10.1. The van der Waals surface area contributed by atoms with Crippen molar-refractivity contribution in [3.63, 3.8) is 0 Å². The Morgan fingerprint density at radius 3 is 2.61 bits per heavy atom. The number of aromatic nitrogens is 2. The molecule has 4 nitrogen and oxygen atoms in total. The molecule has 2 aromatic carbocycles. The number of hydrogen-bond acceptors (Lipinski definition) is 3. The Morgan fingerprint density at radius 2 is 1.89 bits per heavy atom. The van der Waals surface area contributed by atoms with Crippen molar-refractivity contribution in [1.29, 1.82) is 0 Å². The maximum absolute atomic E-state index is 5.75. The second-order valence-corrected chi connectivity index (χ2v) is 4.19. The Bertz CT molecular complexity index is 683. The number of benzene rings is 2. The van der Waals surface area contributed by atoms with Crippen molar-refractivity contribution in [2.45, 2.75) is 0 Å². The third kappa shape index (κ3) is 1.78. The lowest BCUT2D eigenvalue weighted by Crippen LogP contribution is -1.87. The van der Waals surface area contributed by atoms with Crippen LogP contribution >= 0.6 is 0 Å². The molecule has 0 atom stereocenters. The summed E-state index contributed by atoms with van der Waals surface area (Å²) in [5, 5.41) is 3.09. The highest BCUT2D eigenvalue weighted by Gasteiger charge is 2.05. The van der Waals surface area contributed by atoms with E-state index in [2.05, 4.69) is 15.3 Å². The molecule has 0 fully saturated rings. The standard InChI is InChI=1S/C14H14N4/c1-16-11-5-2-9(3-6-11)14-17-12-7-4-10(15)8-13(12)18-14/h2-8,16H,15H2,1H3,(H,17,18). The summed E-state index contributed by atoms with van der Waals surface area (Å²) in [6.07, 6.45) is 0. The van der Waals surface area contributed by atoms with Gasteiger partial charge < -0.3 is 16.0 Å². The first-order valence-corrected chi connectivity index (χ1v) is 5.80. The van der Waals surface area contributed by atoms with Crippen molar-refractivity contribution < 1.29 is 0 Å². The predicted octanol–water partition coefficient (Wildman–Crippen LogP) is 2.85. The van der Waals surface area contributed by atoms with Crippen molar-refractivity contribution in [2.75, 3.05) is 18.1 Å². The van der Waals surface area contributed by atoms with Crippen LogP contribution in [-0.4, -0.2) is 17.0 Å². The van der Waals surface area contributed by atoms with Gasteiger partial charge >= 0.3 is 0 Å². The third-order valence-corrected chi connectivity index (χ3v) is 2.95. The van der Waals surface area contributed by atoms with E-state index < -0.39 is 0 Å². The fraction of sp³-hybridized carbons (Fsp3) is 0.0714. The lowest BCUT2D eigenvalue weighted by Gasteiger charge is -2.00. The molecular formula is C14H14N4. The summed E-state index contributed by atoms with van der Waals surface area (Å²) >= 11 is 0. The highest BCUT2D eigenvalue weighted by atomic mass is 14.9. The molecule has 0 saturated heterocycles. The van der Waals surface area contributed by atoms with Crippen molar-refractivity contribution in [3.8, 4) is 11.4 Å². The topological polar surface area (TPSA) is 66.7 Å². The summed E-state index contributed by atoms with van der Waals surface area (Å²) in [5.74, 6) is 0.859. The largest absolute Gasteiger partial charge is 0.399 e. The minimum absolute atomic E-state index is 0.739. The molecule has 0 amide bonds. The van der Waals surface area contributed by atoms with E-state index in [-0.39, 0.29) is 0 Å². The number of anilines is 2. The molecule has 0 radical (unpaired) electrons. The van der Waals surface area contributed by atoms with Gasteiger partial charge in [0.1, 0.15) is 5.82 Å². The number of nitrogen functional groups attached to an aromatic ring is 1. The lowest BCUT2D eigenvalue weighted by atomic mass is 10.2. The molecule has 0 spiro atoms. The second kappa shape index (κ2) is 4.07. The van der Waals surface area contributed by atoms with Crippen LogP contribution in [0.25, 0.3) is 22.4 Å². The molecule has 4 heteroatoms. The molecule has 0 saturated carbocycles. The van der Waals surface area contributed by atoms with E-state index in [9.17, 15) is 0 Å². The highest BCUT2D eigenvalue weighted by Crippen LogP contribution is 2.23. The minimum atomic E-state index is 0.739. The van der Waals surface area contributed by atoms with Crippen LogP contribution in [0.5, 0.6) is 0 Å². The molecule has 3 rings (SSSR count). The van der Waals surface area contributed by atoms with Gasteiger partial charge in [-0.2, -0.15) is 0 Å². The number of aromatic amines is 1. The molecule has 90 valence electrons. The SMILES string of the molecule is CNc1ccc(-c2nc3ccc(N)cc3[nH]2)cc1. The Balaban J connectivity index is 2.07. The number of nitrogens with two attached hydrogens (primary N) is 1. The average Bonchev–Trinajstić information content (AvgIpc) is 2.81. The first-order valence-electron chi connectivity index (χ1n) is 5.80. The summed E-state index contributed by atoms with van der Waals surface area (Å²) in [4.78, 5) is 7.83. The van der Waals surface area contributed by atoms with Crippen LogP contribution in [0.4, 0.5) is 11.4 Å². The van der Waals surface area contributed by atoms with E-state index in [0.717, 1.165) is 33.8 Å². The number of H-pyrrole nitrogens is 1. The first-order chi connectivity index (χ1) is 8.76. The van der Waals surface area contributed by atoms with Crippen LogP contribution in [0, 0.1) is 0 Å². The van der Waals surface area contributed by atoms with Gasteiger partial charge in [0, 0.05) is 24.0 Å². The maximum atomic E-state index is 5.75. The van der Waals surface area contributed by atoms with Gasteiger partial charge in [0.15, 0.2) is 0 Å². The van der Waals surface area contributed by atoms with E-state index >= 15 is 0 Å². The predicted molar refractivity (Wildman–Crippen MR) is 75.5 cm³/mol. The van der Waals surface area contributed by atoms with Crippen molar-refractivity contribution in [2.24, 2.45) is 0 Å². The van der Waals surface area contributed by atoms with Gasteiger partial charge in [-0.3, -0.25) is 0 Å². The van der Waals surface area contributed by atoms with Gasteiger partial charge in [-0.25, -0.2) is 4.98 Å². The van der Waals surface area contributed by atoms with Gasteiger partial charge in [0.2, 0.25) is 0 Å². The van der Waals surface area contributed by atoms with Crippen LogP contribution in [0.3, 0.4) is 0 Å². The van der Waals surface area contributed by atoms with Crippen LogP contribution in [0.15, 0.2) is 42.5 Å². The number of hydrogen-bond donors (Lipinski definition) is 3. The molecule has 1 heterocycles. The van der Waals surface area contributed by atoms with Gasteiger partial charge in [-0.05, 0) is 42.5 Å². The quantitative estimate of drug-likeness (QED) is 0.601. The smallest absolute Gasteiger partial charge is 0.138 e. The Labute approximate surface area is 105 Å². The lowest BCUT2D eigenvalue weighted by molar-refractivity contribution is 1.33. The Morgan fingerprint density at radius 1 is 1.11 bits per heavy atom. The Hall–Kier alpha value is -2.49. The van der Waals surface area contributed by atoms with Crippen LogP contribution in [0.1, 0.15) is 0 Å². The van der Waals surface area contributed by atoms with Gasteiger partial charge in [-0.1, -0.05) is 0 Å². The van der Waals surface area contributed by atoms with E-state index in [1.54, 1.807) is 0 Å². The number of imidazole rings is 1. The van der Waals surface area contributed by atoms with Crippen LogP contribution in [0.2, 0.25) is 0 Å². The average molecular weight is 238 g/mol. The second-order valence-electron chi connectivity index (χ2n) is 4.19. The number of rotatable bonds is 2. The molecule has 0 unspecified atom stereocenters. The van der Waals surface area contributed by atoms with Crippen molar-refractivity contribution in [1.82, 2.24) is 9.97 Å². The molecule has 3 aromatic rings. The summed E-state index contributed by atoms with van der Waals surface area (Å²) in [6, 6.07) is 13.8.